The summed E-state index contributed by atoms with van der Waals surface area (Å²) in [4.78, 5) is 13.0. The van der Waals surface area contributed by atoms with Crippen LogP contribution in [0.25, 0.3) is 0 Å². The van der Waals surface area contributed by atoms with Crippen LogP contribution in [0.3, 0.4) is 0 Å². The van der Waals surface area contributed by atoms with Crippen LogP contribution < -0.4 is 4.74 Å². The number of piperidine rings is 1. The van der Waals surface area contributed by atoms with Crippen molar-refractivity contribution in [2.75, 3.05) is 19.7 Å². The van der Waals surface area contributed by atoms with E-state index in [1.807, 2.05) is 24.3 Å². The average Bonchev–Trinajstić information content (AvgIpc) is 2.47. The Bertz CT molecular complexity index is 439. The van der Waals surface area contributed by atoms with E-state index in [-0.39, 0.29) is 6.61 Å². The summed E-state index contributed by atoms with van der Waals surface area (Å²) in [6, 6.07) is 7.71. The molecule has 1 aromatic rings. The Balaban J connectivity index is 1.93. The number of likely N-dealkylation sites (tertiary alicyclic amines) is 1. The highest BCUT2D eigenvalue weighted by atomic mass is 16.5. The lowest BCUT2D eigenvalue weighted by atomic mass is 9.94. The number of ether oxygens (including phenoxy) is 1. The van der Waals surface area contributed by atoms with Crippen molar-refractivity contribution < 1.29 is 14.6 Å². The average molecular weight is 277 g/mol. The molecule has 0 atom stereocenters. The first-order valence-corrected chi connectivity index (χ1v) is 7.34. The molecule has 0 amide bonds. The van der Waals surface area contributed by atoms with Crippen LogP contribution >= 0.6 is 0 Å². The highest BCUT2D eigenvalue weighted by molar-refractivity contribution is 5.68. The molecule has 1 aromatic carbocycles. The highest BCUT2D eigenvalue weighted by Gasteiger charge is 2.18. The molecule has 1 aliphatic rings. The van der Waals surface area contributed by atoms with E-state index in [1.165, 1.54) is 19.3 Å². The van der Waals surface area contributed by atoms with Crippen LogP contribution in [0.5, 0.6) is 5.75 Å². The molecule has 0 radical (unpaired) electrons. The molecule has 1 saturated heterocycles. The van der Waals surface area contributed by atoms with Crippen molar-refractivity contribution in [3.63, 3.8) is 0 Å². The van der Waals surface area contributed by atoms with Crippen LogP contribution in [-0.4, -0.2) is 35.7 Å². The summed E-state index contributed by atoms with van der Waals surface area (Å²) >= 11 is 0. The Labute approximate surface area is 120 Å². The van der Waals surface area contributed by atoms with Gasteiger partial charge in [0.1, 0.15) is 5.75 Å². The second-order valence-electron chi connectivity index (χ2n) is 5.42. The smallest absolute Gasteiger partial charge is 0.341 e. The fourth-order valence-corrected chi connectivity index (χ4v) is 2.71. The van der Waals surface area contributed by atoms with Gasteiger partial charge < -0.3 is 9.84 Å². The number of benzene rings is 1. The van der Waals surface area contributed by atoms with Crippen molar-refractivity contribution >= 4 is 5.97 Å². The number of carboxylic acids is 1. The first-order chi connectivity index (χ1) is 9.69. The van der Waals surface area contributed by atoms with Crippen LogP contribution in [0.4, 0.5) is 0 Å². The third-order valence-corrected chi connectivity index (χ3v) is 4.00. The topological polar surface area (TPSA) is 49.8 Å². The van der Waals surface area contributed by atoms with Crippen LogP contribution in [-0.2, 0) is 11.3 Å². The standard InChI is InChI=1S/C16H23NO3/c1-2-13-7-9-17(10-8-13)11-14-5-3-4-6-15(14)20-12-16(18)19/h3-6,13H,2,7-12H2,1H3,(H,18,19). The largest absolute Gasteiger partial charge is 0.482 e. The number of hydrogen-bond acceptors (Lipinski definition) is 3. The van der Waals surface area contributed by atoms with Crippen molar-refractivity contribution in [3.05, 3.63) is 29.8 Å². The quantitative estimate of drug-likeness (QED) is 0.868. The zero-order valence-corrected chi connectivity index (χ0v) is 12.0. The van der Waals surface area contributed by atoms with Crippen molar-refractivity contribution in [2.24, 2.45) is 5.92 Å². The summed E-state index contributed by atoms with van der Waals surface area (Å²) in [6.07, 6.45) is 3.79. The van der Waals surface area contributed by atoms with E-state index in [4.69, 9.17) is 9.84 Å². The fourth-order valence-electron chi connectivity index (χ4n) is 2.71. The Hall–Kier alpha value is -1.55. The normalized spacial score (nSPS) is 17.1. The van der Waals surface area contributed by atoms with Gasteiger partial charge in [0.25, 0.3) is 0 Å². The van der Waals surface area contributed by atoms with Gasteiger partial charge in [-0.05, 0) is 37.9 Å². The molecule has 0 unspecified atom stereocenters. The van der Waals surface area contributed by atoms with Gasteiger partial charge in [0, 0.05) is 12.1 Å². The second-order valence-corrected chi connectivity index (χ2v) is 5.42. The van der Waals surface area contributed by atoms with E-state index in [0.29, 0.717) is 5.75 Å². The van der Waals surface area contributed by atoms with Crippen molar-refractivity contribution in [3.8, 4) is 5.75 Å². The van der Waals surface area contributed by atoms with Crippen molar-refractivity contribution in [2.45, 2.75) is 32.7 Å². The van der Waals surface area contributed by atoms with Gasteiger partial charge >= 0.3 is 5.97 Å². The Morgan fingerprint density at radius 2 is 2.05 bits per heavy atom. The predicted octanol–water partition coefficient (Wildman–Crippen LogP) is 2.77. The first kappa shape index (κ1) is 14.9. The van der Waals surface area contributed by atoms with Crippen LogP contribution in [0, 0.1) is 5.92 Å². The molecule has 0 bridgehead atoms. The van der Waals surface area contributed by atoms with Gasteiger partial charge in [-0.1, -0.05) is 31.5 Å². The highest BCUT2D eigenvalue weighted by Crippen LogP contribution is 2.24. The Morgan fingerprint density at radius 1 is 1.35 bits per heavy atom. The molecule has 1 heterocycles. The van der Waals surface area contributed by atoms with Gasteiger partial charge in [-0.25, -0.2) is 4.79 Å². The molecule has 0 saturated carbocycles. The molecule has 0 aliphatic carbocycles. The van der Waals surface area contributed by atoms with Crippen molar-refractivity contribution in [1.29, 1.82) is 0 Å². The van der Waals surface area contributed by atoms with Gasteiger partial charge in [-0.2, -0.15) is 0 Å². The third-order valence-electron chi connectivity index (χ3n) is 4.00. The molecule has 4 heteroatoms. The monoisotopic (exact) mass is 277 g/mol. The maximum absolute atomic E-state index is 10.6. The Kier molecular flexibility index (Phi) is 5.41. The maximum Gasteiger partial charge on any atom is 0.341 e. The number of hydrogen-bond donors (Lipinski definition) is 1. The fraction of sp³-hybridized carbons (Fsp3) is 0.562. The zero-order valence-electron chi connectivity index (χ0n) is 12.0. The summed E-state index contributed by atoms with van der Waals surface area (Å²) in [7, 11) is 0. The zero-order chi connectivity index (χ0) is 14.4. The minimum Gasteiger partial charge on any atom is -0.482 e. The summed E-state index contributed by atoms with van der Waals surface area (Å²) in [5.74, 6) is 0.612. The lowest BCUT2D eigenvalue weighted by molar-refractivity contribution is -0.139. The van der Waals surface area contributed by atoms with E-state index in [2.05, 4.69) is 11.8 Å². The van der Waals surface area contributed by atoms with Crippen LogP contribution in [0.1, 0.15) is 31.7 Å². The van der Waals surface area contributed by atoms with Gasteiger partial charge in [-0.15, -0.1) is 0 Å². The lowest BCUT2D eigenvalue weighted by Crippen LogP contribution is -2.33. The minimum absolute atomic E-state index is 0.283. The van der Waals surface area contributed by atoms with E-state index in [0.717, 1.165) is 31.1 Å². The molecule has 1 aliphatic heterocycles. The van der Waals surface area contributed by atoms with E-state index >= 15 is 0 Å². The molecule has 4 nitrogen and oxygen atoms in total. The molecule has 2 rings (SSSR count). The number of para-hydroxylation sites is 1. The number of carbonyl (C=O) groups is 1. The van der Waals surface area contributed by atoms with Gasteiger partial charge in [0.2, 0.25) is 0 Å². The number of aliphatic carboxylic acids is 1. The minimum atomic E-state index is -0.941. The molecule has 0 spiro atoms. The van der Waals surface area contributed by atoms with Crippen LogP contribution in [0.2, 0.25) is 0 Å². The molecule has 110 valence electrons. The number of carboxylic acid groups (broad SMARTS) is 1. The van der Waals surface area contributed by atoms with Gasteiger partial charge in [0.15, 0.2) is 6.61 Å². The third kappa shape index (κ3) is 4.23. The van der Waals surface area contributed by atoms with Gasteiger partial charge in [0.05, 0.1) is 0 Å². The van der Waals surface area contributed by atoms with Crippen LogP contribution in [0.15, 0.2) is 24.3 Å². The van der Waals surface area contributed by atoms with Crippen molar-refractivity contribution in [1.82, 2.24) is 4.90 Å². The summed E-state index contributed by atoms with van der Waals surface area (Å²) in [5, 5.41) is 8.71. The molecular formula is C16H23NO3. The summed E-state index contributed by atoms with van der Waals surface area (Å²) < 4.78 is 5.36. The predicted molar refractivity (Wildman–Crippen MR) is 77.9 cm³/mol. The van der Waals surface area contributed by atoms with E-state index in [1.54, 1.807) is 0 Å². The maximum atomic E-state index is 10.6. The summed E-state index contributed by atoms with van der Waals surface area (Å²) in [6.45, 7) is 5.05. The number of nitrogens with zero attached hydrogens (tertiary/aromatic N) is 1. The van der Waals surface area contributed by atoms with Gasteiger partial charge in [-0.3, -0.25) is 4.90 Å². The molecule has 1 N–H and O–H groups in total. The molecular weight excluding hydrogens is 254 g/mol. The lowest BCUT2D eigenvalue weighted by Gasteiger charge is -2.31. The van der Waals surface area contributed by atoms with E-state index < -0.39 is 5.97 Å². The summed E-state index contributed by atoms with van der Waals surface area (Å²) in [5.41, 5.74) is 1.07. The molecule has 0 aromatic heterocycles. The molecule has 20 heavy (non-hydrogen) atoms. The van der Waals surface area contributed by atoms with E-state index in [9.17, 15) is 4.79 Å². The molecule has 1 fully saturated rings. The SMILES string of the molecule is CCC1CCN(Cc2ccccc2OCC(=O)O)CC1. The first-order valence-electron chi connectivity index (χ1n) is 7.34. The Morgan fingerprint density at radius 3 is 2.70 bits per heavy atom. The second kappa shape index (κ2) is 7.29. The number of rotatable bonds is 6.